The van der Waals surface area contributed by atoms with Gasteiger partial charge in [0.2, 0.25) is 11.8 Å². The topological polar surface area (TPSA) is 190 Å². The molecule has 12 nitrogen and oxygen atoms in total. The molecule has 50 heavy (non-hydrogen) atoms. The highest BCUT2D eigenvalue weighted by Gasteiger charge is 2.32. The summed E-state index contributed by atoms with van der Waals surface area (Å²) in [5, 5.41) is 40.1. The van der Waals surface area contributed by atoms with Gasteiger partial charge in [0.1, 0.15) is 36.3 Å². The van der Waals surface area contributed by atoms with E-state index in [0.717, 1.165) is 33.4 Å². The fourth-order valence-corrected chi connectivity index (χ4v) is 5.51. The van der Waals surface area contributed by atoms with Gasteiger partial charge in [-0.15, -0.1) is 10.2 Å². The minimum absolute atomic E-state index is 0.0205. The second-order valence-electron chi connectivity index (χ2n) is 11.9. The molecule has 0 spiro atoms. The number of aliphatic hydroxyl groups excluding tert-OH is 1. The summed E-state index contributed by atoms with van der Waals surface area (Å²) >= 11 is 6.71. The minimum Gasteiger partial charge on any atom is -0.488 e. The number of hydrogen-bond donors (Lipinski definition) is 4. The maximum atomic E-state index is 11.8. The van der Waals surface area contributed by atoms with Crippen molar-refractivity contribution in [2.75, 3.05) is 13.2 Å². The average molecular weight is 697 g/mol. The molecule has 5 N–H and O–H groups in total. The summed E-state index contributed by atoms with van der Waals surface area (Å²) in [4.78, 5) is 15.9. The average Bonchev–Trinajstić information content (AvgIpc) is 3.58. The molecule has 0 bridgehead atoms. The van der Waals surface area contributed by atoms with Crippen LogP contribution in [0.5, 0.6) is 11.5 Å². The maximum absolute atomic E-state index is 11.8. The molecule has 0 fully saturated rings. The number of aliphatic hydroxyl groups is 1. The van der Waals surface area contributed by atoms with Crippen molar-refractivity contribution >= 4 is 17.6 Å². The summed E-state index contributed by atoms with van der Waals surface area (Å²) in [6.07, 6.45) is 3.55. The zero-order chi connectivity index (χ0) is 35.8. The number of nitrogens with zero attached hydrogens (tertiary/aromatic N) is 4. The Balaban J connectivity index is 1.41. The molecule has 2 heterocycles. The number of pyridine rings is 1. The van der Waals surface area contributed by atoms with Gasteiger partial charge >= 0.3 is 5.97 Å². The number of nitrogens with one attached hydrogen (secondary N) is 1. The molecule has 1 atom stereocenters. The molecule has 0 saturated carbocycles. The lowest BCUT2D eigenvalue weighted by Gasteiger charge is -2.25. The summed E-state index contributed by atoms with van der Waals surface area (Å²) < 4.78 is 18.3. The molecule has 0 aliphatic carbocycles. The number of carbonyl (C=O) groups is 1. The Kier molecular flexibility index (Phi) is 11.5. The molecule has 5 aromatic rings. The van der Waals surface area contributed by atoms with Crippen molar-refractivity contribution in [2.45, 2.75) is 52.5 Å². The quantitative estimate of drug-likeness (QED) is 0.107. The Hall–Kier alpha value is -5.32. The highest BCUT2D eigenvalue weighted by molar-refractivity contribution is 6.32. The van der Waals surface area contributed by atoms with Crippen LogP contribution >= 0.6 is 11.6 Å². The summed E-state index contributed by atoms with van der Waals surface area (Å²) in [7, 11) is 0. The van der Waals surface area contributed by atoms with Crippen LogP contribution in [0.1, 0.15) is 46.2 Å². The number of nitriles is 1. The zero-order valence-corrected chi connectivity index (χ0v) is 28.6. The van der Waals surface area contributed by atoms with E-state index in [9.17, 15) is 20.3 Å². The molecule has 0 saturated heterocycles. The lowest BCUT2D eigenvalue weighted by Crippen LogP contribution is -2.52. The third-order valence-corrected chi connectivity index (χ3v) is 8.69. The first-order valence-electron chi connectivity index (χ1n) is 15.8. The number of halogens is 1. The van der Waals surface area contributed by atoms with Crippen LogP contribution in [0.4, 0.5) is 0 Å². The summed E-state index contributed by atoms with van der Waals surface area (Å²) in [5.41, 5.74) is 11.4. The van der Waals surface area contributed by atoms with Crippen molar-refractivity contribution in [1.29, 1.82) is 5.26 Å². The van der Waals surface area contributed by atoms with Gasteiger partial charge in [-0.2, -0.15) is 5.26 Å². The van der Waals surface area contributed by atoms with Crippen LogP contribution in [-0.4, -0.2) is 50.1 Å². The Bertz CT molecular complexity index is 2040. The van der Waals surface area contributed by atoms with Crippen LogP contribution in [-0.2, 0) is 31.0 Å². The van der Waals surface area contributed by atoms with Gasteiger partial charge in [0.05, 0.1) is 17.2 Å². The van der Waals surface area contributed by atoms with Crippen LogP contribution in [0.15, 0.2) is 71.4 Å². The number of rotatable bonds is 15. The van der Waals surface area contributed by atoms with Crippen LogP contribution in [0.3, 0.4) is 0 Å². The standard InChI is InChI=1S/C37H37ClN6O6/c1-22-26(6-4-7-28(22)29-8-5-9-30(23(29)2)35-44-43-34(50-35)10-11-39)20-49-33-14-32(48-19-25-12-24(15-40)16-41-17-25)27(13-31(33)38)18-42-37(3,21-45)36(46)47/h4-9,12-14,16-17,42,45H,10-11,18-21,39H2,1-3H3,(H,46,47)/t37-/m0/s1. The van der Waals surface area contributed by atoms with Crippen molar-refractivity contribution in [3.8, 4) is 40.1 Å². The van der Waals surface area contributed by atoms with Crippen LogP contribution < -0.4 is 20.5 Å². The van der Waals surface area contributed by atoms with E-state index < -0.39 is 18.1 Å². The smallest absolute Gasteiger partial charge is 0.326 e. The third-order valence-electron chi connectivity index (χ3n) is 8.40. The van der Waals surface area contributed by atoms with Gasteiger partial charge in [-0.1, -0.05) is 41.9 Å². The van der Waals surface area contributed by atoms with E-state index in [1.54, 1.807) is 24.4 Å². The van der Waals surface area contributed by atoms with Gasteiger partial charge in [0.15, 0.2) is 0 Å². The normalized spacial score (nSPS) is 12.3. The summed E-state index contributed by atoms with van der Waals surface area (Å²) in [6, 6.07) is 19.0. The van der Waals surface area contributed by atoms with Crippen molar-refractivity contribution in [1.82, 2.24) is 20.5 Å². The number of ether oxygens (including phenoxy) is 2. The fraction of sp³-hybridized carbons (Fsp3) is 0.270. The van der Waals surface area contributed by atoms with Crippen molar-refractivity contribution < 1.29 is 28.9 Å². The predicted octanol–water partition coefficient (Wildman–Crippen LogP) is 5.52. The van der Waals surface area contributed by atoms with E-state index in [-0.39, 0.29) is 24.8 Å². The first kappa shape index (κ1) is 36.0. The van der Waals surface area contributed by atoms with Gasteiger partial charge in [-0.05, 0) is 66.8 Å². The molecular weight excluding hydrogens is 660 g/mol. The lowest BCUT2D eigenvalue weighted by atomic mass is 9.91. The highest BCUT2D eigenvalue weighted by Crippen LogP contribution is 2.37. The Morgan fingerprint density at radius 2 is 1.72 bits per heavy atom. The second-order valence-corrected chi connectivity index (χ2v) is 12.3. The number of aromatic nitrogens is 3. The second kappa shape index (κ2) is 15.9. The summed E-state index contributed by atoms with van der Waals surface area (Å²) in [5.74, 6) is 0.449. The molecule has 0 radical (unpaired) electrons. The van der Waals surface area contributed by atoms with Crippen molar-refractivity contribution in [2.24, 2.45) is 5.73 Å². The first-order valence-corrected chi connectivity index (χ1v) is 16.2. The number of nitrogens with two attached hydrogens (primary N) is 1. The van der Waals surface area contributed by atoms with E-state index in [0.29, 0.717) is 52.9 Å². The number of benzene rings is 3. The molecule has 0 amide bonds. The lowest BCUT2D eigenvalue weighted by molar-refractivity contribution is -0.145. The predicted molar refractivity (Wildman–Crippen MR) is 186 cm³/mol. The van der Waals surface area contributed by atoms with Gasteiger partial charge < -0.3 is 29.8 Å². The van der Waals surface area contributed by atoms with Crippen LogP contribution in [0, 0.1) is 25.2 Å². The highest BCUT2D eigenvalue weighted by atomic mass is 35.5. The summed E-state index contributed by atoms with van der Waals surface area (Å²) in [6.45, 7) is 5.50. The largest absolute Gasteiger partial charge is 0.488 e. The van der Waals surface area contributed by atoms with E-state index in [2.05, 4.69) is 26.6 Å². The van der Waals surface area contributed by atoms with Crippen molar-refractivity contribution in [3.05, 3.63) is 111 Å². The number of carboxylic acid groups (broad SMARTS) is 1. The van der Waals surface area contributed by atoms with Gasteiger partial charge in [-0.3, -0.25) is 15.1 Å². The Labute approximate surface area is 294 Å². The molecule has 13 heteroatoms. The molecule has 3 aromatic carbocycles. The third kappa shape index (κ3) is 8.10. The number of hydrogen-bond acceptors (Lipinski definition) is 11. The van der Waals surface area contributed by atoms with Gasteiger partial charge in [0, 0.05) is 54.7 Å². The maximum Gasteiger partial charge on any atom is 0.326 e. The van der Waals surface area contributed by atoms with E-state index >= 15 is 0 Å². The number of carboxylic acids is 1. The molecule has 5 rings (SSSR count). The first-order chi connectivity index (χ1) is 24.1. The fourth-order valence-electron chi connectivity index (χ4n) is 5.27. The van der Waals surface area contributed by atoms with Crippen molar-refractivity contribution in [3.63, 3.8) is 0 Å². The van der Waals surface area contributed by atoms with E-state index in [1.807, 2.05) is 50.2 Å². The molecule has 0 aliphatic rings. The minimum atomic E-state index is -1.59. The van der Waals surface area contributed by atoms with E-state index in [4.69, 9.17) is 31.2 Å². The monoisotopic (exact) mass is 696 g/mol. The molecule has 258 valence electrons. The molecule has 0 aliphatic heterocycles. The SMILES string of the molecule is Cc1c(COc2cc(OCc3cncc(C#N)c3)c(CN[C@@](C)(CO)C(=O)O)cc2Cl)cccc1-c1cccc(-c2nnc(CCN)o2)c1C. The molecular formula is C37H37ClN6O6. The Morgan fingerprint density at radius 1 is 1.00 bits per heavy atom. The Morgan fingerprint density at radius 3 is 2.44 bits per heavy atom. The van der Waals surface area contributed by atoms with Crippen LogP contribution in [0.2, 0.25) is 5.02 Å². The van der Waals surface area contributed by atoms with Gasteiger partial charge in [-0.25, -0.2) is 0 Å². The van der Waals surface area contributed by atoms with E-state index in [1.165, 1.54) is 13.1 Å². The molecule has 2 aromatic heterocycles. The molecule has 0 unspecified atom stereocenters. The van der Waals surface area contributed by atoms with Crippen LogP contribution in [0.25, 0.3) is 22.6 Å². The number of aliphatic carboxylic acids is 1. The zero-order valence-electron chi connectivity index (χ0n) is 27.9. The van der Waals surface area contributed by atoms with Gasteiger partial charge in [0.25, 0.3) is 0 Å².